The minimum absolute atomic E-state index is 0. The fourth-order valence-corrected chi connectivity index (χ4v) is 3.43. The number of nitrogens with one attached hydrogen (secondary N) is 3. The average Bonchev–Trinajstić information content (AvgIpc) is 3.19. The van der Waals surface area contributed by atoms with Crippen molar-refractivity contribution >= 4 is 53.1 Å². The number of rotatable bonds is 9. The molecule has 2 rings (SSSR count). The lowest BCUT2D eigenvalue weighted by molar-refractivity contribution is -0.117. The van der Waals surface area contributed by atoms with E-state index in [2.05, 4.69) is 45.4 Å². The summed E-state index contributed by atoms with van der Waals surface area (Å²) in [4.78, 5) is 28.2. The lowest BCUT2D eigenvalue weighted by Gasteiger charge is -2.16. The highest BCUT2D eigenvalue weighted by molar-refractivity contribution is 14.0. The smallest absolute Gasteiger partial charge is 0.251 e. The molecular weight excluding hydrogens is 501 g/mol. The normalized spacial score (nSPS) is 11.9. The van der Waals surface area contributed by atoms with Crippen LogP contribution in [0.1, 0.15) is 27.7 Å². The first-order chi connectivity index (χ1) is 13.5. The van der Waals surface area contributed by atoms with E-state index in [1.807, 2.05) is 12.1 Å². The molecule has 1 unspecified atom stereocenters. The molecule has 0 saturated heterocycles. The van der Waals surface area contributed by atoms with Crippen molar-refractivity contribution in [3.8, 4) is 0 Å². The molecule has 0 radical (unpaired) electrons. The molecule has 9 heteroatoms. The quantitative estimate of drug-likeness (QED) is 0.227. The number of nitrogens with two attached hydrogens (primary N) is 1. The first-order valence-electron chi connectivity index (χ1n) is 9.10. The Morgan fingerprint density at radius 1 is 1.14 bits per heavy atom. The van der Waals surface area contributed by atoms with E-state index in [1.54, 1.807) is 30.5 Å². The van der Waals surface area contributed by atoms with Crippen LogP contribution >= 0.6 is 35.3 Å². The zero-order chi connectivity index (χ0) is 20.4. The van der Waals surface area contributed by atoms with Gasteiger partial charge in [0.05, 0.1) is 6.54 Å². The SMILES string of the molecule is CN=C(NCc1ccc(C(=O)NCC(N)=O)cc1)NCC(C)Cc1cccs1.I. The maximum Gasteiger partial charge on any atom is 0.251 e. The largest absolute Gasteiger partial charge is 0.368 e. The van der Waals surface area contributed by atoms with Crippen LogP contribution in [0.2, 0.25) is 0 Å². The molecule has 29 heavy (non-hydrogen) atoms. The van der Waals surface area contributed by atoms with E-state index in [0.717, 1.165) is 24.5 Å². The van der Waals surface area contributed by atoms with Gasteiger partial charge in [0.2, 0.25) is 5.91 Å². The van der Waals surface area contributed by atoms with Gasteiger partial charge in [-0.15, -0.1) is 35.3 Å². The van der Waals surface area contributed by atoms with Gasteiger partial charge in [-0.1, -0.05) is 25.1 Å². The van der Waals surface area contributed by atoms with Crippen molar-refractivity contribution in [3.05, 3.63) is 57.8 Å². The Labute approximate surface area is 192 Å². The first kappa shape index (κ1) is 24.9. The standard InChI is InChI=1S/C20H27N5O2S.HI/c1-14(10-17-4-3-9-28-17)11-24-20(22-2)25-12-15-5-7-16(8-6-15)19(27)23-13-18(21)26;/h3-9,14H,10-13H2,1-2H3,(H2,21,26)(H,23,27)(H2,22,24,25);1H. The number of thiophene rings is 1. The van der Waals surface area contributed by atoms with Gasteiger partial charge in [0.1, 0.15) is 0 Å². The van der Waals surface area contributed by atoms with Crippen LogP contribution in [0.25, 0.3) is 0 Å². The molecule has 0 spiro atoms. The summed E-state index contributed by atoms with van der Waals surface area (Å²) in [7, 11) is 1.74. The van der Waals surface area contributed by atoms with E-state index >= 15 is 0 Å². The Balaban J connectivity index is 0.00000420. The lowest BCUT2D eigenvalue weighted by atomic mass is 10.1. The van der Waals surface area contributed by atoms with Crippen LogP contribution < -0.4 is 21.7 Å². The van der Waals surface area contributed by atoms with Gasteiger partial charge in [-0.25, -0.2) is 0 Å². The van der Waals surface area contributed by atoms with Gasteiger partial charge >= 0.3 is 0 Å². The van der Waals surface area contributed by atoms with Gasteiger partial charge < -0.3 is 21.7 Å². The highest BCUT2D eigenvalue weighted by Crippen LogP contribution is 2.13. The van der Waals surface area contributed by atoms with Gasteiger partial charge in [-0.2, -0.15) is 0 Å². The van der Waals surface area contributed by atoms with Crippen LogP contribution in [0.15, 0.2) is 46.8 Å². The summed E-state index contributed by atoms with van der Waals surface area (Å²) < 4.78 is 0. The van der Waals surface area contributed by atoms with Gasteiger partial charge in [-0.3, -0.25) is 14.6 Å². The van der Waals surface area contributed by atoms with Crippen molar-refractivity contribution in [2.24, 2.45) is 16.6 Å². The van der Waals surface area contributed by atoms with Crippen molar-refractivity contribution in [1.29, 1.82) is 0 Å². The number of hydrogen-bond acceptors (Lipinski definition) is 4. The highest BCUT2D eigenvalue weighted by Gasteiger charge is 2.08. The molecule has 2 aromatic rings. The van der Waals surface area contributed by atoms with Crippen LogP contribution in [0, 0.1) is 5.92 Å². The Morgan fingerprint density at radius 3 is 2.45 bits per heavy atom. The number of halogens is 1. The second-order valence-electron chi connectivity index (χ2n) is 6.54. The van der Waals surface area contributed by atoms with E-state index in [9.17, 15) is 9.59 Å². The predicted molar refractivity (Wildman–Crippen MR) is 129 cm³/mol. The van der Waals surface area contributed by atoms with E-state index in [-0.39, 0.29) is 36.4 Å². The van der Waals surface area contributed by atoms with Gasteiger partial charge in [0.25, 0.3) is 5.91 Å². The second kappa shape index (κ2) is 13.2. The van der Waals surface area contributed by atoms with Crippen molar-refractivity contribution in [3.63, 3.8) is 0 Å². The molecule has 1 atom stereocenters. The molecular formula is C20H28IN5O2S. The van der Waals surface area contributed by atoms with E-state index in [0.29, 0.717) is 18.0 Å². The summed E-state index contributed by atoms with van der Waals surface area (Å²) >= 11 is 1.78. The molecule has 0 bridgehead atoms. The fourth-order valence-electron chi connectivity index (χ4n) is 2.57. The zero-order valence-corrected chi connectivity index (χ0v) is 19.8. The third-order valence-electron chi connectivity index (χ3n) is 4.07. The number of primary amides is 1. The summed E-state index contributed by atoms with van der Waals surface area (Å²) in [6.45, 7) is 3.45. The molecule has 1 aromatic heterocycles. The molecule has 1 aromatic carbocycles. The average molecular weight is 529 g/mol. The van der Waals surface area contributed by atoms with E-state index in [1.165, 1.54) is 4.88 Å². The molecule has 0 fully saturated rings. The highest BCUT2D eigenvalue weighted by atomic mass is 127. The summed E-state index contributed by atoms with van der Waals surface area (Å²) in [6, 6.07) is 11.4. The van der Waals surface area contributed by atoms with E-state index < -0.39 is 5.91 Å². The summed E-state index contributed by atoms with van der Waals surface area (Å²) in [5.74, 6) is 0.338. The lowest BCUT2D eigenvalue weighted by Crippen LogP contribution is -2.39. The maximum atomic E-state index is 11.9. The molecule has 158 valence electrons. The van der Waals surface area contributed by atoms with Crippen LogP contribution in [0.4, 0.5) is 0 Å². The number of benzene rings is 1. The van der Waals surface area contributed by atoms with Crippen molar-refractivity contribution in [1.82, 2.24) is 16.0 Å². The minimum Gasteiger partial charge on any atom is -0.368 e. The summed E-state index contributed by atoms with van der Waals surface area (Å²) in [5.41, 5.74) is 6.52. The van der Waals surface area contributed by atoms with Crippen LogP contribution in [-0.2, 0) is 17.8 Å². The monoisotopic (exact) mass is 529 g/mol. The number of guanidine groups is 1. The molecule has 2 amide bonds. The number of carbonyl (C=O) groups excluding carboxylic acids is 2. The van der Waals surface area contributed by atoms with Gasteiger partial charge in [0, 0.05) is 30.6 Å². The third kappa shape index (κ3) is 9.27. The van der Waals surface area contributed by atoms with Crippen LogP contribution in [0.3, 0.4) is 0 Å². The molecule has 5 N–H and O–H groups in total. The Morgan fingerprint density at radius 2 is 1.86 bits per heavy atom. The van der Waals surface area contributed by atoms with Crippen molar-refractivity contribution in [2.45, 2.75) is 19.9 Å². The molecule has 1 heterocycles. The molecule has 0 saturated carbocycles. The van der Waals surface area contributed by atoms with Crippen molar-refractivity contribution < 1.29 is 9.59 Å². The molecule has 0 aliphatic rings. The van der Waals surface area contributed by atoms with Gasteiger partial charge in [-0.05, 0) is 41.5 Å². The Kier molecular flexibility index (Phi) is 11.3. The number of aliphatic imine (C=N–C) groups is 1. The molecule has 0 aliphatic heterocycles. The van der Waals surface area contributed by atoms with Crippen LogP contribution in [0.5, 0.6) is 0 Å². The Bertz CT molecular complexity index is 794. The maximum absolute atomic E-state index is 11.9. The number of carbonyl (C=O) groups is 2. The number of hydrogen-bond donors (Lipinski definition) is 4. The first-order valence-corrected chi connectivity index (χ1v) is 9.98. The second-order valence-corrected chi connectivity index (χ2v) is 7.57. The molecule has 7 nitrogen and oxygen atoms in total. The zero-order valence-electron chi connectivity index (χ0n) is 16.6. The number of amides is 2. The summed E-state index contributed by atoms with van der Waals surface area (Å²) in [6.07, 6.45) is 1.04. The Hall–Kier alpha value is -2.14. The van der Waals surface area contributed by atoms with Crippen LogP contribution in [-0.4, -0.2) is 37.9 Å². The van der Waals surface area contributed by atoms with Gasteiger partial charge in [0.15, 0.2) is 5.96 Å². The van der Waals surface area contributed by atoms with E-state index in [4.69, 9.17) is 5.73 Å². The van der Waals surface area contributed by atoms with Crippen molar-refractivity contribution in [2.75, 3.05) is 20.1 Å². The predicted octanol–water partition coefficient (Wildman–Crippen LogP) is 2.13. The third-order valence-corrected chi connectivity index (χ3v) is 4.97. The summed E-state index contributed by atoms with van der Waals surface area (Å²) in [5, 5.41) is 11.2. The molecule has 0 aliphatic carbocycles. The fraction of sp³-hybridized carbons (Fsp3) is 0.350. The topological polar surface area (TPSA) is 109 Å². The number of nitrogens with zero attached hydrogens (tertiary/aromatic N) is 1. The minimum atomic E-state index is -0.572.